The SMILES string of the molecule is C=C(C=CC(=CCC)Cc1nn(C)c(C(F)(F)F)c1C(=O)NCc1ccc(C(=O)O)cc1)C(F)(F)F. The van der Waals surface area contributed by atoms with Crippen LogP contribution in [0.2, 0.25) is 0 Å². The average molecular weight is 515 g/mol. The molecule has 0 saturated carbocycles. The van der Waals surface area contributed by atoms with Crippen LogP contribution in [0.1, 0.15) is 51.0 Å². The predicted octanol–water partition coefficient (Wildman–Crippen LogP) is 5.62. The fourth-order valence-electron chi connectivity index (χ4n) is 3.26. The highest BCUT2D eigenvalue weighted by Gasteiger charge is 2.41. The Hall–Kier alpha value is -3.83. The van der Waals surface area contributed by atoms with E-state index in [0.717, 1.165) is 13.1 Å². The molecule has 0 radical (unpaired) electrons. The summed E-state index contributed by atoms with van der Waals surface area (Å²) in [5.41, 5.74) is -2.83. The molecule has 2 N–H and O–H groups in total. The summed E-state index contributed by atoms with van der Waals surface area (Å²) in [5, 5.41) is 15.1. The molecule has 1 aromatic heterocycles. The fourth-order valence-corrected chi connectivity index (χ4v) is 3.26. The van der Waals surface area contributed by atoms with Gasteiger partial charge in [-0.25, -0.2) is 4.79 Å². The predicted molar refractivity (Wildman–Crippen MR) is 119 cm³/mol. The highest BCUT2D eigenvalue weighted by atomic mass is 19.4. The van der Waals surface area contributed by atoms with E-state index in [4.69, 9.17) is 5.11 Å². The molecule has 2 rings (SSSR count). The molecule has 1 amide bonds. The van der Waals surface area contributed by atoms with Crippen molar-refractivity contribution < 1.29 is 41.0 Å². The Morgan fingerprint density at radius 2 is 1.72 bits per heavy atom. The maximum atomic E-state index is 13.8. The molecule has 1 heterocycles. The molecule has 0 aliphatic carbocycles. The van der Waals surface area contributed by atoms with Gasteiger partial charge in [-0.2, -0.15) is 31.4 Å². The number of benzene rings is 1. The third-order valence-electron chi connectivity index (χ3n) is 4.97. The van der Waals surface area contributed by atoms with Crippen LogP contribution in [0, 0.1) is 0 Å². The van der Waals surface area contributed by atoms with Gasteiger partial charge in [-0.1, -0.05) is 43.9 Å². The second kappa shape index (κ2) is 11.3. The third-order valence-corrected chi connectivity index (χ3v) is 4.97. The Labute approximate surface area is 202 Å². The second-order valence-corrected chi connectivity index (χ2v) is 7.70. The van der Waals surface area contributed by atoms with Gasteiger partial charge in [0.1, 0.15) is 0 Å². The third kappa shape index (κ3) is 7.33. The van der Waals surface area contributed by atoms with Crippen molar-refractivity contribution in [1.29, 1.82) is 0 Å². The van der Waals surface area contributed by atoms with Crippen molar-refractivity contribution in [3.63, 3.8) is 0 Å². The molecule has 0 saturated heterocycles. The zero-order valence-corrected chi connectivity index (χ0v) is 19.3. The van der Waals surface area contributed by atoms with Gasteiger partial charge >= 0.3 is 18.3 Å². The molecule has 0 spiro atoms. The molecule has 2 aromatic rings. The first-order valence-electron chi connectivity index (χ1n) is 10.5. The summed E-state index contributed by atoms with van der Waals surface area (Å²) in [4.78, 5) is 23.8. The van der Waals surface area contributed by atoms with E-state index in [9.17, 15) is 35.9 Å². The lowest BCUT2D eigenvalue weighted by Crippen LogP contribution is -2.27. The number of nitrogens with zero attached hydrogens (tertiary/aromatic N) is 2. The van der Waals surface area contributed by atoms with Gasteiger partial charge in [0.15, 0.2) is 5.69 Å². The number of carbonyl (C=O) groups excluding carboxylic acids is 1. The first-order valence-corrected chi connectivity index (χ1v) is 10.5. The van der Waals surface area contributed by atoms with Crippen molar-refractivity contribution in [2.45, 2.75) is 38.7 Å². The number of alkyl halides is 6. The normalized spacial score (nSPS) is 12.7. The van der Waals surface area contributed by atoms with Crippen LogP contribution in [0.15, 0.2) is 60.2 Å². The van der Waals surface area contributed by atoms with Crippen LogP contribution >= 0.6 is 0 Å². The minimum absolute atomic E-state index is 0.00419. The summed E-state index contributed by atoms with van der Waals surface area (Å²) in [6.45, 7) is 4.41. The molecule has 1 aromatic carbocycles. The summed E-state index contributed by atoms with van der Waals surface area (Å²) in [7, 11) is 1.01. The summed E-state index contributed by atoms with van der Waals surface area (Å²) >= 11 is 0. The van der Waals surface area contributed by atoms with Gasteiger partial charge in [-0.15, -0.1) is 0 Å². The number of nitrogens with one attached hydrogen (secondary N) is 1. The standard InChI is InChI=1S/C24H23F6N3O3/c1-4-5-15(7-6-14(2)23(25,26)27)12-18-19(20(24(28,29)30)33(3)32-18)21(34)31-13-16-8-10-17(11-9-16)22(35)36/h5-11H,2,4,12-13H2,1,3H3,(H,31,34)(H,35,36). The smallest absolute Gasteiger partial charge is 0.433 e. The summed E-state index contributed by atoms with van der Waals surface area (Å²) < 4.78 is 80.1. The van der Waals surface area contributed by atoms with Crippen LogP contribution in [0.25, 0.3) is 0 Å². The summed E-state index contributed by atoms with van der Waals surface area (Å²) in [6, 6.07) is 5.37. The van der Waals surface area contributed by atoms with Crippen molar-refractivity contribution in [2.24, 2.45) is 7.05 Å². The molecule has 0 atom stereocenters. The fraction of sp³-hybridized carbons (Fsp3) is 0.292. The molecule has 0 aliphatic rings. The zero-order valence-electron chi connectivity index (χ0n) is 19.3. The van der Waals surface area contributed by atoms with Crippen LogP contribution in [0.5, 0.6) is 0 Å². The molecule has 12 heteroatoms. The van der Waals surface area contributed by atoms with E-state index in [0.29, 0.717) is 22.7 Å². The Bertz CT molecular complexity index is 1190. The number of hydrogen-bond donors (Lipinski definition) is 2. The lowest BCUT2D eigenvalue weighted by molar-refractivity contribution is -0.144. The number of aromatic carboxylic acids is 1. The van der Waals surface area contributed by atoms with Crippen molar-refractivity contribution in [3.8, 4) is 0 Å². The highest BCUT2D eigenvalue weighted by Crippen LogP contribution is 2.34. The lowest BCUT2D eigenvalue weighted by atomic mass is 10.0. The van der Waals surface area contributed by atoms with E-state index in [1.165, 1.54) is 30.3 Å². The number of amides is 1. The van der Waals surface area contributed by atoms with Gasteiger partial charge in [0.2, 0.25) is 0 Å². The molecule has 0 aliphatic heterocycles. The number of halogens is 6. The minimum Gasteiger partial charge on any atom is -0.478 e. The monoisotopic (exact) mass is 515 g/mol. The van der Waals surface area contributed by atoms with Gasteiger partial charge in [0.05, 0.1) is 16.8 Å². The maximum absolute atomic E-state index is 13.8. The topological polar surface area (TPSA) is 84.2 Å². The molecular formula is C24H23F6N3O3. The van der Waals surface area contributed by atoms with Crippen molar-refractivity contribution in [1.82, 2.24) is 15.1 Å². The molecule has 6 nitrogen and oxygen atoms in total. The van der Waals surface area contributed by atoms with Crippen LogP contribution in [0.4, 0.5) is 26.3 Å². The van der Waals surface area contributed by atoms with Gasteiger partial charge in [0, 0.05) is 25.6 Å². The largest absolute Gasteiger partial charge is 0.478 e. The Morgan fingerprint density at radius 1 is 1.11 bits per heavy atom. The minimum atomic E-state index is -4.94. The summed E-state index contributed by atoms with van der Waals surface area (Å²) in [5.74, 6) is -2.25. The van der Waals surface area contributed by atoms with E-state index >= 15 is 0 Å². The maximum Gasteiger partial charge on any atom is 0.433 e. The molecule has 0 unspecified atom stereocenters. The van der Waals surface area contributed by atoms with Crippen LogP contribution < -0.4 is 5.32 Å². The number of aromatic nitrogens is 2. The van der Waals surface area contributed by atoms with Crippen LogP contribution in [-0.4, -0.2) is 32.9 Å². The Kier molecular flexibility index (Phi) is 8.89. The van der Waals surface area contributed by atoms with Crippen LogP contribution in [-0.2, 0) is 26.2 Å². The first-order chi connectivity index (χ1) is 16.6. The van der Waals surface area contributed by atoms with Gasteiger partial charge in [-0.05, 0) is 29.7 Å². The van der Waals surface area contributed by atoms with Gasteiger partial charge in [0.25, 0.3) is 5.91 Å². The van der Waals surface area contributed by atoms with Crippen molar-refractivity contribution >= 4 is 11.9 Å². The van der Waals surface area contributed by atoms with E-state index in [-0.39, 0.29) is 29.8 Å². The van der Waals surface area contributed by atoms with E-state index in [1.54, 1.807) is 6.92 Å². The Balaban J connectivity index is 2.38. The van der Waals surface area contributed by atoms with E-state index in [1.807, 2.05) is 0 Å². The summed E-state index contributed by atoms with van der Waals surface area (Å²) in [6.07, 6.45) is -6.29. The number of hydrogen-bond acceptors (Lipinski definition) is 3. The van der Waals surface area contributed by atoms with Crippen molar-refractivity contribution in [2.75, 3.05) is 0 Å². The zero-order chi connectivity index (χ0) is 27.3. The molecule has 0 fully saturated rings. The number of carboxylic acids is 1. The van der Waals surface area contributed by atoms with Gasteiger partial charge in [-0.3, -0.25) is 9.48 Å². The molecule has 36 heavy (non-hydrogen) atoms. The number of aryl methyl sites for hydroxylation is 1. The first kappa shape index (κ1) is 28.4. The van der Waals surface area contributed by atoms with Gasteiger partial charge < -0.3 is 10.4 Å². The molecular weight excluding hydrogens is 492 g/mol. The van der Waals surface area contributed by atoms with Crippen molar-refractivity contribution in [3.05, 3.63) is 88.3 Å². The number of carboxylic acid groups (broad SMARTS) is 1. The number of rotatable bonds is 9. The van der Waals surface area contributed by atoms with E-state index < -0.39 is 41.1 Å². The highest BCUT2D eigenvalue weighted by molar-refractivity contribution is 5.97. The quantitative estimate of drug-likeness (QED) is 0.335. The van der Waals surface area contributed by atoms with Crippen LogP contribution in [0.3, 0.4) is 0 Å². The molecule has 0 bridgehead atoms. The second-order valence-electron chi connectivity index (χ2n) is 7.70. The molecule has 194 valence electrons. The lowest BCUT2D eigenvalue weighted by Gasteiger charge is -2.12. The number of allylic oxidation sites excluding steroid dienone is 5. The Morgan fingerprint density at radius 3 is 2.22 bits per heavy atom. The average Bonchev–Trinajstić information content (AvgIpc) is 3.11. The van der Waals surface area contributed by atoms with E-state index in [2.05, 4.69) is 17.0 Å². The number of carbonyl (C=O) groups is 2.